The molecule has 0 atom stereocenters. The van der Waals surface area contributed by atoms with Crippen molar-refractivity contribution in [3.8, 4) is 6.07 Å². The van der Waals surface area contributed by atoms with Crippen molar-refractivity contribution in [1.29, 1.82) is 5.26 Å². The van der Waals surface area contributed by atoms with Gasteiger partial charge in [0.25, 0.3) is 0 Å². The van der Waals surface area contributed by atoms with Gasteiger partial charge in [-0.25, -0.2) is 13.2 Å². The summed E-state index contributed by atoms with van der Waals surface area (Å²) < 4.78 is 24.1. The fourth-order valence-corrected chi connectivity index (χ4v) is 3.06. The Morgan fingerprint density at radius 2 is 1.83 bits per heavy atom. The van der Waals surface area contributed by atoms with Gasteiger partial charge in [0.05, 0.1) is 22.3 Å². The third-order valence-electron chi connectivity index (χ3n) is 3.01. The van der Waals surface area contributed by atoms with Crippen molar-refractivity contribution in [3.05, 3.63) is 60.2 Å². The molecule has 0 aliphatic carbocycles. The molecule has 6 nitrogen and oxygen atoms in total. The molecule has 0 bridgehead atoms. The van der Waals surface area contributed by atoms with E-state index in [4.69, 9.17) is 5.26 Å². The monoisotopic (exact) mass is 329 g/mol. The van der Waals surface area contributed by atoms with E-state index in [2.05, 4.69) is 10.6 Å². The Kier molecular flexibility index (Phi) is 5.33. The van der Waals surface area contributed by atoms with E-state index in [-0.39, 0.29) is 17.2 Å². The molecule has 2 N–H and O–H groups in total. The fourth-order valence-electron chi connectivity index (χ4n) is 1.89. The van der Waals surface area contributed by atoms with Gasteiger partial charge in [-0.05, 0) is 30.3 Å². The number of hydrogen-bond donors (Lipinski definition) is 2. The molecular weight excluding hydrogens is 314 g/mol. The van der Waals surface area contributed by atoms with Gasteiger partial charge in [-0.1, -0.05) is 24.3 Å². The minimum absolute atomic E-state index is 0.0129. The topological polar surface area (TPSA) is 99.1 Å². The molecule has 0 saturated carbocycles. The Balaban J connectivity index is 1.86. The molecule has 2 rings (SSSR count). The van der Waals surface area contributed by atoms with Gasteiger partial charge in [-0.2, -0.15) is 5.26 Å². The van der Waals surface area contributed by atoms with Crippen LogP contribution in [-0.4, -0.2) is 26.7 Å². The van der Waals surface area contributed by atoms with Crippen LogP contribution in [0.1, 0.15) is 5.56 Å². The van der Waals surface area contributed by atoms with Crippen LogP contribution in [-0.2, 0) is 9.84 Å². The average Bonchev–Trinajstić information content (AvgIpc) is 2.55. The van der Waals surface area contributed by atoms with Crippen molar-refractivity contribution in [2.24, 2.45) is 0 Å². The molecule has 2 aromatic carbocycles. The van der Waals surface area contributed by atoms with Crippen molar-refractivity contribution >= 4 is 21.6 Å². The highest BCUT2D eigenvalue weighted by Gasteiger charge is 2.14. The molecule has 2 aromatic rings. The second-order valence-electron chi connectivity index (χ2n) is 4.71. The highest BCUT2D eigenvalue weighted by molar-refractivity contribution is 7.91. The molecular formula is C16H15N3O3S. The zero-order valence-corrected chi connectivity index (χ0v) is 13.0. The van der Waals surface area contributed by atoms with Gasteiger partial charge in [0.15, 0.2) is 9.84 Å². The van der Waals surface area contributed by atoms with E-state index in [0.717, 1.165) is 0 Å². The first-order valence-electron chi connectivity index (χ1n) is 6.84. The van der Waals surface area contributed by atoms with Gasteiger partial charge in [-0.15, -0.1) is 0 Å². The number of anilines is 1. The Labute approximate surface area is 134 Å². The van der Waals surface area contributed by atoms with E-state index in [1.54, 1.807) is 36.4 Å². The van der Waals surface area contributed by atoms with Crippen molar-refractivity contribution in [2.45, 2.75) is 4.90 Å². The number of urea groups is 1. The number of hydrogen-bond acceptors (Lipinski definition) is 4. The predicted molar refractivity (Wildman–Crippen MR) is 86.7 cm³/mol. The summed E-state index contributed by atoms with van der Waals surface area (Å²) in [5.74, 6) is -0.192. The quantitative estimate of drug-likeness (QED) is 0.878. The van der Waals surface area contributed by atoms with Crippen LogP contribution in [0.3, 0.4) is 0 Å². The van der Waals surface area contributed by atoms with Crippen molar-refractivity contribution in [3.63, 3.8) is 0 Å². The van der Waals surface area contributed by atoms with E-state index < -0.39 is 15.9 Å². The largest absolute Gasteiger partial charge is 0.337 e. The highest BCUT2D eigenvalue weighted by Crippen LogP contribution is 2.10. The summed E-state index contributed by atoms with van der Waals surface area (Å²) in [5, 5.41) is 13.8. The Morgan fingerprint density at radius 3 is 2.52 bits per heavy atom. The molecule has 0 aliphatic heterocycles. The van der Waals surface area contributed by atoms with E-state index in [1.807, 2.05) is 6.07 Å². The molecule has 2 amide bonds. The average molecular weight is 329 g/mol. The minimum atomic E-state index is -3.43. The number of amides is 2. The van der Waals surface area contributed by atoms with Crippen LogP contribution in [0.5, 0.6) is 0 Å². The highest BCUT2D eigenvalue weighted by atomic mass is 32.2. The SMILES string of the molecule is N#Cc1cccc(NC(=O)NCCS(=O)(=O)c2ccccc2)c1. The van der Waals surface area contributed by atoms with Crippen molar-refractivity contribution in [1.82, 2.24) is 5.32 Å². The molecule has 0 aromatic heterocycles. The second-order valence-corrected chi connectivity index (χ2v) is 6.81. The van der Waals surface area contributed by atoms with Crippen LogP contribution in [0, 0.1) is 11.3 Å². The number of carbonyl (C=O) groups is 1. The van der Waals surface area contributed by atoms with Crippen LogP contribution in [0.2, 0.25) is 0 Å². The Bertz CT molecular complexity index is 827. The molecule has 23 heavy (non-hydrogen) atoms. The van der Waals surface area contributed by atoms with Crippen molar-refractivity contribution < 1.29 is 13.2 Å². The molecule has 0 unspecified atom stereocenters. The van der Waals surface area contributed by atoms with Crippen LogP contribution >= 0.6 is 0 Å². The van der Waals surface area contributed by atoms with Crippen LogP contribution in [0.15, 0.2) is 59.5 Å². The predicted octanol–water partition coefficient (Wildman–Crippen LogP) is 2.15. The molecule has 7 heteroatoms. The zero-order valence-electron chi connectivity index (χ0n) is 12.2. The molecule has 0 fully saturated rings. The number of carbonyl (C=O) groups excluding carboxylic acids is 1. The van der Waals surface area contributed by atoms with Gasteiger partial charge in [-0.3, -0.25) is 0 Å². The summed E-state index contributed by atoms with van der Waals surface area (Å²) in [5.41, 5.74) is 0.891. The maximum absolute atomic E-state index is 12.0. The van der Waals surface area contributed by atoms with E-state index in [0.29, 0.717) is 11.3 Å². The van der Waals surface area contributed by atoms with Gasteiger partial charge >= 0.3 is 6.03 Å². The molecule has 0 saturated heterocycles. The summed E-state index contributed by atoms with van der Waals surface area (Å²) in [7, 11) is -3.43. The lowest BCUT2D eigenvalue weighted by molar-refractivity contribution is 0.252. The molecule has 0 radical (unpaired) electrons. The summed E-state index contributed by atoms with van der Waals surface area (Å²) in [6, 6.07) is 15.9. The third-order valence-corrected chi connectivity index (χ3v) is 4.74. The number of benzene rings is 2. The van der Waals surface area contributed by atoms with E-state index in [9.17, 15) is 13.2 Å². The lowest BCUT2D eigenvalue weighted by Gasteiger charge is -2.08. The number of sulfone groups is 1. The molecule has 0 aliphatic rings. The van der Waals surface area contributed by atoms with Gasteiger partial charge in [0, 0.05) is 12.2 Å². The van der Waals surface area contributed by atoms with Gasteiger partial charge in [0.2, 0.25) is 0 Å². The first kappa shape index (κ1) is 16.5. The first-order chi connectivity index (χ1) is 11.0. The zero-order chi connectivity index (χ0) is 16.7. The number of nitrogens with zero attached hydrogens (tertiary/aromatic N) is 1. The van der Waals surface area contributed by atoms with Crippen LogP contribution in [0.4, 0.5) is 10.5 Å². The normalized spacial score (nSPS) is 10.6. The van der Waals surface area contributed by atoms with E-state index >= 15 is 0 Å². The smallest absolute Gasteiger partial charge is 0.319 e. The number of nitrogens with one attached hydrogen (secondary N) is 2. The first-order valence-corrected chi connectivity index (χ1v) is 8.49. The summed E-state index contributed by atoms with van der Waals surface area (Å²) >= 11 is 0. The number of rotatable bonds is 5. The Morgan fingerprint density at radius 1 is 1.09 bits per heavy atom. The lowest BCUT2D eigenvalue weighted by atomic mass is 10.2. The standard InChI is InChI=1S/C16H15N3O3S/c17-12-13-5-4-6-14(11-13)19-16(20)18-9-10-23(21,22)15-7-2-1-3-8-15/h1-8,11H,9-10H2,(H2,18,19,20). The van der Waals surface area contributed by atoms with Gasteiger partial charge in [0.1, 0.15) is 0 Å². The maximum Gasteiger partial charge on any atom is 0.319 e. The molecule has 118 valence electrons. The maximum atomic E-state index is 12.0. The van der Waals surface area contributed by atoms with Crippen LogP contribution < -0.4 is 10.6 Å². The summed E-state index contributed by atoms with van der Waals surface area (Å²) in [4.78, 5) is 12.0. The van der Waals surface area contributed by atoms with Crippen LogP contribution in [0.25, 0.3) is 0 Å². The third kappa shape index (κ3) is 4.83. The number of nitriles is 1. The fraction of sp³-hybridized carbons (Fsp3) is 0.125. The van der Waals surface area contributed by atoms with E-state index in [1.165, 1.54) is 18.2 Å². The van der Waals surface area contributed by atoms with Crippen molar-refractivity contribution in [2.75, 3.05) is 17.6 Å². The Hall–Kier alpha value is -2.85. The summed E-state index contributed by atoms with van der Waals surface area (Å²) in [6.07, 6.45) is 0. The summed E-state index contributed by atoms with van der Waals surface area (Å²) in [6.45, 7) is -0.0129. The second kappa shape index (κ2) is 7.42. The minimum Gasteiger partial charge on any atom is -0.337 e. The lowest BCUT2D eigenvalue weighted by Crippen LogP contribution is -2.32. The molecule has 0 spiro atoms. The van der Waals surface area contributed by atoms with Gasteiger partial charge < -0.3 is 10.6 Å². The molecule has 0 heterocycles.